The molecule has 0 spiro atoms. The van der Waals surface area contributed by atoms with E-state index in [9.17, 15) is 13.2 Å². The minimum atomic E-state index is -3.83. The van der Waals surface area contributed by atoms with Gasteiger partial charge in [0.15, 0.2) is 0 Å². The second-order valence-corrected chi connectivity index (χ2v) is 6.74. The lowest BCUT2D eigenvalue weighted by molar-refractivity contribution is 0.0698. The molecule has 19 heavy (non-hydrogen) atoms. The van der Waals surface area contributed by atoms with Gasteiger partial charge < -0.3 is 9.52 Å². The summed E-state index contributed by atoms with van der Waals surface area (Å²) in [5.41, 5.74) is 0.693. The Balaban J connectivity index is 2.31. The van der Waals surface area contributed by atoms with Crippen LogP contribution >= 0.6 is 11.3 Å². The van der Waals surface area contributed by atoms with E-state index in [-0.39, 0.29) is 16.3 Å². The predicted octanol–water partition coefficient (Wildman–Crippen LogP) is 1.86. The Morgan fingerprint density at radius 1 is 1.47 bits per heavy atom. The fourth-order valence-electron chi connectivity index (χ4n) is 1.55. The third kappa shape index (κ3) is 2.70. The Morgan fingerprint density at radius 2 is 2.21 bits per heavy atom. The Bertz CT molecular complexity index is 672. The Morgan fingerprint density at radius 3 is 2.79 bits per heavy atom. The van der Waals surface area contributed by atoms with Crippen molar-refractivity contribution in [3.63, 3.8) is 0 Å². The van der Waals surface area contributed by atoms with Gasteiger partial charge >= 0.3 is 5.97 Å². The summed E-state index contributed by atoms with van der Waals surface area (Å²) in [7, 11) is -2.43. The van der Waals surface area contributed by atoms with Crippen LogP contribution in [0.15, 0.2) is 39.4 Å². The number of hydrogen-bond acceptors (Lipinski definition) is 5. The zero-order chi connectivity index (χ0) is 14.0. The van der Waals surface area contributed by atoms with Gasteiger partial charge in [0.25, 0.3) is 0 Å². The average Bonchev–Trinajstić information content (AvgIpc) is 2.98. The molecule has 8 heteroatoms. The van der Waals surface area contributed by atoms with E-state index in [2.05, 4.69) is 0 Å². The van der Waals surface area contributed by atoms with Gasteiger partial charge in [-0.2, -0.15) is 4.31 Å². The highest BCUT2D eigenvalue weighted by Gasteiger charge is 2.27. The number of thiophene rings is 1. The van der Waals surface area contributed by atoms with E-state index in [1.165, 1.54) is 31.0 Å². The number of carboxylic acids is 1. The zero-order valence-corrected chi connectivity index (χ0v) is 11.6. The van der Waals surface area contributed by atoms with E-state index in [0.29, 0.717) is 5.56 Å². The number of aromatic carboxylic acids is 1. The van der Waals surface area contributed by atoms with Crippen molar-refractivity contribution in [1.82, 2.24) is 4.31 Å². The van der Waals surface area contributed by atoms with Crippen LogP contribution in [0.5, 0.6) is 0 Å². The molecule has 2 aromatic rings. The van der Waals surface area contributed by atoms with Crippen LogP contribution in [-0.4, -0.2) is 30.8 Å². The van der Waals surface area contributed by atoms with Crippen molar-refractivity contribution < 1.29 is 22.7 Å². The van der Waals surface area contributed by atoms with Crippen LogP contribution in [0, 0.1) is 0 Å². The second kappa shape index (κ2) is 5.16. The largest absolute Gasteiger partial charge is 0.477 e. The van der Waals surface area contributed by atoms with E-state index < -0.39 is 16.0 Å². The SMILES string of the molecule is CN(Cc1ccoc1)S(=O)(=O)c1ccsc1C(=O)O. The maximum absolute atomic E-state index is 12.3. The van der Waals surface area contributed by atoms with Gasteiger partial charge in [-0.15, -0.1) is 11.3 Å². The van der Waals surface area contributed by atoms with Crippen LogP contribution in [0.4, 0.5) is 0 Å². The second-order valence-electron chi connectivity index (χ2n) is 3.81. The molecule has 2 aromatic heterocycles. The number of carbonyl (C=O) groups is 1. The molecule has 0 aliphatic carbocycles. The summed E-state index contributed by atoms with van der Waals surface area (Å²) in [5.74, 6) is -1.25. The van der Waals surface area contributed by atoms with Crippen LogP contribution in [0.25, 0.3) is 0 Å². The summed E-state index contributed by atoms with van der Waals surface area (Å²) >= 11 is 0.886. The number of rotatable bonds is 5. The van der Waals surface area contributed by atoms with Crippen molar-refractivity contribution in [3.8, 4) is 0 Å². The molecule has 0 unspecified atom stereocenters. The molecule has 0 fully saturated rings. The summed E-state index contributed by atoms with van der Waals surface area (Å²) in [5, 5.41) is 10.4. The van der Waals surface area contributed by atoms with Crippen molar-refractivity contribution in [2.75, 3.05) is 7.05 Å². The topological polar surface area (TPSA) is 87.8 Å². The standard InChI is InChI=1S/C11H11NO5S2/c1-12(6-8-2-4-17-7-8)19(15,16)9-3-5-18-10(9)11(13)14/h2-5,7H,6H2,1H3,(H,13,14). The van der Waals surface area contributed by atoms with Crippen molar-refractivity contribution in [2.24, 2.45) is 0 Å². The van der Waals surface area contributed by atoms with Crippen LogP contribution < -0.4 is 0 Å². The maximum Gasteiger partial charge on any atom is 0.347 e. The molecule has 0 bridgehead atoms. The van der Waals surface area contributed by atoms with Crippen molar-refractivity contribution in [3.05, 3.63) is 40.5 Å². The molecule has 0 atom stereocenters. The van der Waals surface area contributed by atoms with Gasteiger partial charge in [0.05, 0.1) is 12.5 Å². The van der Waals surface area contributed by atoms with E-state index >= 15 is 0 Å². The first-order chi connectivity index (χ1) is 8.93. The van der Waals surface area contributed by atoms with Crippen molar-refractivity contribution in [1.29, 1.82) is 0 Å². The Labute approximate surface area is 113 Å². The lowest BCUT2D eigenvalue weighted by Crippen LogP contribution is -2.27. The number of carboxylic acid groups (broad SMARTS) is 1. The minimum absolute atomic E-state index is 0.119. The van der Waals surface area contributed by atoms with Crippen LogP contribution in [0.2, 0.25) is 0 Å². The van der Waals surface area contributed by atoms with Crippen molar-refractivity contribution in [2.45, 2.75) is 11.4 Å². The summed E-state index contributed by atoms with van der Waals surface area (Å²) in [4.78, 5) is 10.6. The summed E-state index contributed by atoms with van der Waals surface area (Å²) in [6, 6.07) is 2.95. The first-order valence-corrected chi connectivity index (χ1v) is 7.53. The molecule has 0 aromatic carbocycles. The fourth-order valence-corrected chi connectivity index (χ4v) is 3.94. The number of furan rings is 1. The summed E-state index contributed by atoms with van der Waals surface area (Å²) < 4.78 is 30.5. The Hall–Kier alpha value is -1.64. The molecule has 0 radical (unpaired) electrons. The van der Waals surface area contributed by atoms with E-state index in [0.717, 1.165) is 15.6 Å². The molecule has 6 nitrogen and oxygen atoms in total. The van der Waals surface area contributed by atoms with Crippen LogP contribution in [-0.2, 0) is 16.6 Å². The highest BCUT2D eigenvalue weighted by atomic mass is 32.2. The third-order valence-corrected chi connectivity index (χ3v) is 5.37. The molecular weight excluding hydrogens is 290 g/mol. The monoisotopic (exact) mass is 301 g/mol. The molecule has 2 heterocycles. The van der Waals surface area contributed by atoms with Gasteiger partial charge in [-0.3, -0.25) is 0 Å². The first-order valence-electron chi connectivity index (χ1n) is 5.21. The third-order valence-electron chi connectivity index (χ3n) is 2.50. The predicted molar refractivity (Wildman–Crippen MR) is 68.6 cm³/mol. The van der Waals surface area contributed by atoms with Crippen molar-refractivity contribution >= 4 is 27.3 Å². The zero-order valence-electron chi connectivity index (χ0n) is 9.94. The number of sulfonamides is 1. The summed E-state index contributed by atoms with van der Waals surface area (Å²) in [6.45, 7) is 0.119. The van der Waals surface area contributed by atoms with E-state index in [4.69, 9.17) is 9.52 Å². The molecule has 102 valence electrons. The molecule has 1 N–H and O–H groups in total. The number of nitrogens with zero attached hydrogens (tertiary/aromatic N) is 1. The molecule has 2 rings (SSSR count). The van der Waals surface area contributed by atoms with Gasteiger partial charge in [0.1, 0.15) is 9.77 Å². The van der Waals surface area contributed by atoms with Gasteiger partial charge in [0, 0.05) is 19.2 Å². The normalized spacial score (nSPS) is 11.9. The molecule has 0 aliphatic rings. The highest BCUT2D eigenvalue weighted by Crippen LogP contribution is 2.25. The quantitative estimate of drug-likeness (QED) is 0.910. The van der Waals surface area contributed by atoms with Gasteiger partial charge in [-0.1, -0.05) is 0 Å². The fraction of sp³-hybridized carbons (Fsp3) is 0.182. The molecule has 0 amide bonds. The van der Waals surface area contributed by atoms with Gasteiger partial charge in [-0.25, -0.2) is 13.2 Å². The molecular formula is C11H11NO5S2. The highest BCUT2D eigenvalue weighted by molar-refractivity contribution is 7.89. The smallest absolute Gasteiger partial charge is 0.347 e. The number of hydrogen-bond donors (Lipinski definition) is 1. The molecule has 0 aliphatic heterocycles. The first kappa shape index (κ1) is 13.8. The maximum atomic E-state index is 12.3. The average molecular weight is 301 g/mol. The molecule has 0 saturated carbocycles. The van der Waals surface area contributed by atoms with E-state index in [1.807, 2.05) is 0 Å². The Kier molecular flexibility index (Phi) is 3.74. The van der Waals surface area contributed by atoms with Crippen LogP contribution in [0.1, 0.15) is 15.2 Å². The van der Waals surface area contributed by atoms with Gasteiger partial charge in [-0.05, 0) is 17.5 Å². The lowest BCUT2D eigenvalue weighted by Gasteiger charge is -2.15. The minimum Gasteiger partial charge on any atom is -0.477 e. The van der Waals surface area contributed by atoms with Crippen LogP contribution in [0.3, 0.4) is 0 Å². The lowest BCUT2D eigenvalue weighted by atomic mass is 10.3. The van der Waals surface area contributed by atoms with E-state index in [1.54, 1.807) is 6.07 Å². The summed E-state index contributed by atoms with van der Waals surface area (Å²) in [6.07, 6.45) is 2.89. The molecule has 0 saturated heterocycles. The van der Waals surface area contributed by atoms with Gasteiger partial charge in [0.2, 0.25) is 10.0 Å².